The molecule has 3 N–H and O–H groups in total. The summed E-state index contributed by atoms with van der Waals surface area (Å²) in [4.78, 5) is 18.6. The van der Waals surface area contributed by atoms with E-state index < -0.39 is 36.3 Å². The van der Waals surface area contributed by atoms with Crippen LogP contribution in [0.5, 0.6) is 0 Å². The van der Waals surface area contributed by atoms with Crippen LogP contribution in [-0.2, 0) is 29.4 Å². The fourth-order valence-electron chi connectivity index (χ4n) is 5.99. The standard InChI is InChI=1S/C35H49N5O6S3/c1-4-5-6-7-8-9-10-11-12-13-14-15-22-35(48(3,42)43,33(41)37-23-24-49(36,44)45)34-38-30-21-20-29(25-31(30)47-34)27-16-18-28(19-17-27)32-40-39-26(2)46-32/h16-21,25H,4-15,22-24H2,1-3H3,(H,37,41)(H2,36,44,45). The fourth-order valence-corrected chi connectivity index (χ4v) is 9.36. The number of nitrogens with two attached hydrogens (primary N) is 1. The van der Waals surface area contributed by atoms with Crippen LogP contribution in [0.4, 0.5) is 0 Å². The molecule has 14 heteroatoms. The first-order valence-electron chi connectivity index (χ1n) is 17.1. The van der Waals surface area contributed by atoms with E-state index in [0.717, 1.165) is 53.3 Å². The van der Waals surface area contributed by atoms with Gasteiger partial charge in [-0.3, -0.25) is 4.79 Å². The number of aryl methyl sites for hydroxylation is 1. The molecule has 4 rings (SSSR count). The zero-order valence-corrected chi connectivity index (χ0v) is 31.2. The first kappa shape index (κ1) is 38.6. The van der Waals surface area contributed by atoms with Crippen molar-refractivity contribution in [3.63, 3.8) is 0 Å². The van der Waals surface area contributed by atoms with Crippen LogP contribution in [0.25, 0.3) is 32.8 Å². The van der Waals surface area contributed by atoms with Crippen LogP contribution in [0, 0.1) is 6.92 Å². The van der Waals surface area contributed by atoms with Gasteiger partial charge in [-0.05, 0) is 41.8 Å². The van der Waals surface area contributed by atoms with Crippen molar-refractivity contribution >= 4 is 47.3 Å². The van der Waals surface area contributed by atoms with Gasteiger partial charge in [0.1, 0.15) is 5.01 Å². The molecule has 49 heavy (non-hydrogen) atoms. The molecule has 2 aromatic heterocycles. The Balaban J connectivity index is 1.52. The van der Waals surface area contributed by atoms with Gasteiger partial charge in [-0.1, -0.05) is 102 Å². The van der Waals surface area contributed by atoms with E-state index in [-0.39, 0.29) is 18.0 Å². The summed E-state index contributed by atoms with van der Waals surface area (Å²) in [5, 5.41) is 15.8. The Labute approximate surface area is 294 Å². The summed E-state index contributed by atoms with van der Waals surface area (Å²) in [6.45, 7) is 3.65. The SMILES string of the molecule is CCCCCCCCCCCCCCC(C(=O)NCCS(N)(=O)=O)(c1nc2ccc(-c3ccc(-c4nnc(C)o4)cc3)cc2s1)S(C)(=O)=O. The zero-order chi connectivity index (χ0) is 35.5. The highest BCUT2D eigenvalue weighted by atomic mass is 32.2. The predicted molar refractivity (Wildman–Crippen MR) is 196 cm³/mol. The molecule has 0 spiro atoms. The third-order valence-corrected chi connectivity index (χ3v) is 12.7. The van der Waals surface area contributed by atoms with Crippen LogP contribution in [0.1, 0.15) is 101 Å². The molecule has 0 fully saturated rings. The maximum absolute atomic E-state index is 13.9. The number of sulfonamides is 1. The van der Waals surface area contributed by atoms with Crippen molar-refractivity contribution in [2.45, 2.75) is 102 Å². The monoisotopic (exact) mass is 731 g/mol. The molecular weight excluding hydrogens is 683 g/mol. The summed E-state index contributed by atoms with van der Waals surface area (Å²) in [5.41, 5.74) is 3.17. The summed E-state index contributed by atoms with van der Waals surface area (Å²) in [5.74, 6) is -0.384. The highest BCUT2D eigenvalue weighted by Gasteiger charge is 2.51. The summed E-state index contributed by atoms with van der Waals surface area (Å²) < 4.78 is 54.7. The number of aromatic nitrogens is 3. The summed E-state index contributed by atoms with van der Waals surface area (Å²) >= 11 is 1.17. The topological polar surface area (TPSA) is 175 Å². The largest absolute Gasteiger partial charge is 0.421 e. The molecule has 4 aromatic rings. The lowest BCUT2D eigenvalue weighted by Gasteiger charge is -2.29. The maximum Gasteiger partial charge on any atom is 0.248 e. The number of nitrogens with zero attached hydrogens (tertiary/aromatic N) is 3. The number of thiazole rings is 1. The number of carbonyl (C=O) groups is 1. The van der Waals surface area contributed by atoms with Crippen molar-refractivity contribution in [1.82, 2.24) is 20.5 Å². The van der Waals surface area contributed by atoms with Crippen molar-refractivity contribution in [1.29, 1.82) is 0 Å². The number of amides is 1. The maximum atomic E-state index is 13.9. The molecule has 0 radical (unpaired) electrons. The predicted octanol–water partition coefficient (Wildman–Crippen LogP) is 7.06. The van der Waals surface area contributed by atoms with E-state index >= 15 is 0 Å². The Bertz CT molecular complexity index is 1890. The number of sulfone groups is 1. The van der Waals surface area contributed by atoms with Crippen molar-refractivity contribution in [2.75, 3.05) is 18.6 Å². The molecule has 0 saturated carbocycles. The van der Waals surface area contributed by atoms with E-state index in [1.54, 1.807) is 6.92 Å². The number of unbranched alkanes of at least 4 members (excludes halogenated alkanes) is 11. The molecule has 0 bridgehead atoms. The average Bonchev–Trinajstić information content (AvgIpc) is 3.68. The molecule has 268 valence electrons. The minimum atomic E-state index is -4.06. The number of fused-ring (bicyclic) bond motifs is 1. The van der Waals surface area contributed by atoms with Gasteiger partial charge in [0.25, 0.3) is 0 Å². The molecule has 1 unspecified atom stereocenters. The Morgan fingerprint density at radius 2 is 1.41 bits per heavy atom. The highest BCUT2D eigenvalue weighted by molar-refractivity contribution is 7.92. The van der Waals surface area contributed by atoms with Crippen LogP contribution in [-0.4, -0.2) is 56.5 Å². The second-order valence-electron chi connectivity index (χ2n) is 12.8. The van der Waals surface area contributed by atoms with E-state index in [9.17, 15) is 21.6 Å². The van der Waals surface area contributed by atoms with Crippen molar-refractivity contribution in [3.8, 4) is 22.6 Å². The first-order chi connectivity index (χ1) is 23.3. The molecule has 0 saturated heterocycles. The van der Waals surface area contributed by atoms with Crippen LogP contribution in [0.3, 0.4) is 0 Å². The molecule has 11 nitrogen and oxygen atoms in total. The Hall–Kier alpha value is -3.20. The van der Waals surface area contributed by atoms with Crippen LogP contribution >= 0.6 is 11.3 Å². The number of hydrogen-bond acceptors (Lipinski definition) is 10. The molecular formula is C35H49N5O6S3. The van der Waals surface area contributed by atoms with Gasteiger partial charge in [-0.2, -0.15) is 0 Å². The van der Waals surface area contributed by atoms with E-state index in [4.69, 9.17) is 14.5 Å². The number of nitrogens with one attached hydrogen (secondary N) is 1. The lowest BCUT2D eigenvalue weighted by Crippen LogP contribution is -2.50. The fraction of sp³-hybridized carbons (Fsp3) is 0.543. The minimum Gasteiger partial charge on any atom is -0.421 e. The van der Waals surface area contributed by atoms with Gasteiger partial charge in [0.05, 0.1) is 16.0 Å². The lowest BCUT2D eigenvalue weighted by molar-refractivity contribution is -0.124. The van der Waals surface area contributed by atoms with Crippen molar-refractivity contribution < 1.29 is 26.0 Å². The van der Waals surface area contributed by atoms with Gasteiger partial charge in [0, 0.05) is 25.3 Å². The Kier molecular flexibility index (Phi) is 13.9. The van der Waals surface area contributed by atoms with E-state index in [0.29, 0.717) is 23.7 Å². The third kappa shape index (κ3) is 10.6. The zero-order valence-electron chi connectivity index (χ0n) is 28.7. The number of primary sulfonamides is 1. The Morgan fingerprint density at radius 1 is 0.837 bits per heavy atom. The second-order valence-corrected chi connectivity index (χ2v) is 17.8. The van der Waals surface area contributed by atoms with Crippen LogP contribution in [0.2, 0.25) is 0 Å². The van der Waals surface area contributed by atoms with E-state index in [1.165, 1.54) is 56.3 Å². The number of hydrogen-bond donors (Lipinski definition) is 2. The summed E-state index contributed by atoms with van der Waals surface area (Å²) in [6, 6.07) is 13.3. The molecule has 0 aliphatic carbocycles. The van der Waals surface area contributed by atoms with E-state index in [1.807, 2.05) is 42.5 Å². The number of rotatable bonds is 21. The summed E-state index contributed by atoms with van der Waals surface area (Å²) in [6.07, 6.45) is 14.4. The molecule has 0 aliphatic heterocycles. The van der Waals surface area contributed by atoms with Crippen molar-refractivity contribution in [2.24, 2.45) is 5.14 Å². The van der Waals surface area contributed by atoms with Crippen LogP contribution < -0.4 is 10.5 Å². The molecule has 1 amide bonds. The molecule has 1 atom stereocenters. The van der Waals surface area contributed by atoms with Crippen LogP contribution in [0.15, 0.2) is 46.9 Å². The minimum absolute atomic E-state index is 0.0355. The number of carbonyl (C=O) groups excluding carboxylic acids is 1. The van der Waals surface area contributed by atoms with Gasteiger partial charge in [0.2, 0.25) is 32.5 Å². The second kappa shape index (κ2) is 17.6. The van der Waals surface area contributed by atoms with Crippen molar-refractivity contribution in [3.05, 3.63) is 53.4 Å². The molecule has 0 aliphatic rings. The third-order valence-electron chi connectivity index (χ3n) is 8.78. The molecule has 2 aromatic carbocycles. The van der Waals surface area contributed by atoms with Gasteiger partial charge < -0.3 is 9.73 Å². The molecule has 2 heterocycles. The van der Waals surface area contributed by atoms with E-state index in [2.05, 4.69) is 22.4 Å². The first-order valence-corrected chi connectivity index (χ1v) is 21.6. The lowest BCUT2D eigenvalue weighted by atomic mass is 9.98. The Morgan fingerprint density at radius 3 is 1.96 bits per heavy atom. The van der Waals surface area contributed by atoms with Gasteiger partial charge >= 0.3 is 0 Å². The number of benzene rings is 2. The van der Waals surface area contributed by atoms with Gasteiger partial charge in [-0.25, -0.2) is 27.0 Å². The van der Waals surface area contributed by atoms with Gasteiger partial charge in [-0.15, -0.1) is 21.5 Å². The highest BCUT2D eigenvalue weighted by Crippen LogP contribution is 2.41. The normalized spacial score (nSPS) is 13.5. The smallest absolute Gasteiger partial charge is 0.248 e. The quantitative estimate of drug-likeness (QED) is 0.0850. The average molecular weight is 732 g/mol. The summed E-state index contributed by atoms with van der Waals surface area (Å²) in [7, 11) is -7.93. The van der Waals surface area contributed by atoms with Gasteiger partial charge in [0.15, 0.2) is 9.84 Å².